The van der Waals surface area contributed by atoms with Crippen molar-refractivity contribution in [3.05, 3.63) is 95.3 Å². The summed E-state index contributed by atoms with van der Waals surface area (Å²) in [7, 11) is 1.55. The van der Waals surface area contributed by atoms with Crippen LogP contribution in [-0.2, 0) is 69.0 Å². The van der Waals surface area contributed by atoms with Crippen molar-refractivity contribution < 1.29 is 53.2 Å². The van der Waals surface area contributed by atoms with Crippen molar-refractivity contribution in [2.75, 3.05) is 52.3 Å². The first-order chi connectivity index (χ1) is 43.7. The monoisotopic (exact) mass is 1270 g/mol. The summed E-state index contributed by atoms with van der Waals surface area (Å²) < 4.78 is 15.2. The van der Waals surface area contributed by atoms with Crippen molar-refractivity contribution in [2.45, 2.75) is 123 Å². The van der Waals surface area contributed by atoms with Crippen LogP contribution in [0.4, 0.5) is 0 Å². The van der Waals surface area contributed by atoms with Crippen LogP contribution in [0.15, 0.2) is 72.8 Å². The molecule has 3 fully saturated rings. The molecule has 0 radical (unpaired) electrons. The van der Waals surface area contributed by atoms with Gasteiger partial charge in [-0.25, -0.2) is 10.9 Å². The zero-order valence-electron chi connectivity index (χ0n) is 52.8. The van der Waals surface area contributed by atoms with Crippen molar-refractivity contribution in [3.8, 4) is 58.4 Å². The first-order valence-corrected chi connectivity index (χ1v) is 31.5. The molecule has 24 heteroatoms. The topological polar surface area (TPSA) is 289 Å². The molecular formula is C68H79ClN12O11. The van der Waals surface area contributed by atoms with Crippen LogP contribution in [-0.4, -0.2) is 174 Å². The van der Waals surface area contributed by atoms with Gasteiger partial charge in [0.1, 0.15) is 52.9 Å². The number of ether oxygens (including phenoxy) is 2. The van der Waals surface area contributed by atoms with Crippen LogP contribution in [0.25, 0.3) is 44.1 Å². The second kappa shape index (κ2) is 27.1. The lowest BCUT2D eigenvalue weighted by molar-refractivity contribution is -0.156. The number of cyclic esters (lactones) is 2. The lowest BCUT2D eigenvalue weighted by atomic mass is 9.94. The van der Waals surface area contributed by atoms with E-state index in [-0.39, 0.29) is 86.7 Å². The molecule has 0 saturated carbocycles. The number of phenols is 2. The predicted octanol–water partition coefficient (Wildman–Crippen LogP) is 5.01. The number of aromatic nitrogens is 4. The Kier molecular flexibility index (Phi) is 19.4. The summed E-state index contributed by atoms with van der Waals surface area (Å²) in [5.41, 5.74) is 18.3. The minimum absolute atomic E-state index is 0.0184. The number of likely N-dealkylation sites (tertiary alicyclic amines) is 1. The second-order valence-corrected chi connectivity index (χ2v) is 26.8. The molecule has 5 atom stereocenters. The Bertz CT molecular complexity index is 3970. The highest BCUT2D eigenvalue weighted by Gasteiger charge is 2.42. The lowest BCUT2D eigenvalue weighted by Crippen LogP contribution is -2.63. The van der Waals surface area contributed by atoms with Crippen LogP contribution in [0.2, 0.25) is 0 Å². The molecule has 0 unspecified atom stereocenters. The first-order valence-electron chi connectivity index (χ1n) is 31.0. The third-order valence-electron chi connectivity index (χ3n) is 17.4. The number of likely N-dealkylation sites (N-methyl/N-ethyl adjacent to an activating group) is 1. The largest absolute Gasteiger partial charge is 0.508 e. The number of nitrogens with zero attached hydrogens (tertiary/aromatic N) is 8. The Hall–Kier alpha value is -9.00. The number of nitrogens with one attached hydrogen (secondary N) is 3. The maximum Gasteiger partial charge on any atom is 0.324 e. The summed E-state index contributed by atoms with van der Waals surface area (Å²) in [6, 6.07) is 17.4. The third-order valence-corrected chi connectivity index (χ3v) is 17.7. The maximum atomic E-state index is 14.4. The molecule has 5 amide bonds. The summed E-state index contributed by atoms with van der Waals surface area (Å²) in [6.07, 6.45) is 13.9. The number of hydrazine groups is 2. The molecule has 7 N–H and O–H groups in total. The zero-order chi connectivity index (χ0) is 66.1. The van der Waals surface area contributed by atoms with Crippen molar-refractivity contribution in [1.82, 2.24) is 55.5 Å². The predicted molar refractivity (Wildman–Crippen MR) is 344 cm³/mol. The van der Waals surface area contributed by atoms with Gasteiger partial charge < -0.3 is 40.5 Å². The van der Waals surface area contributed by atoms with E-state index in [0.29, 0.717) is 67.8 Å². The molecular weight excluding hydrogens is 1200 g/mol. The standard InChI is InChI=1S/C40H48ClN7O7.C28H31N5O4/c1-7-30-29-11-10-25-17-33(29)48(43-30)21-40(4,5)22-55-39(54)31-9-8-12-47(44-31)38(53)32(15-24-13-26(25)16-28(49)14-24)42-36(51)35(23(2)3)45(6)37(52)27-19-46(20-27)34(50)18-41;1-4-23-21-8-7-18-14-25(21)33(30-23)15-28(2,3)16-37-27(36)24-6-5-9-32(31-24)26(35)22(29)12-17-10-19(18)13-20(34)11-17/h1,10-11,13-14,16-17,23,27,31-32,35,44,49H,8-9,12,15,18-22H2,2-6H3,(H,42,51);1,7-8,10-11,13-14,22,24,31,34H,5-6,9,12,15-16,29H2,2-3H3/t31-,32-,35-;22-,24-/m00/s1. The number of amides is 5. The van der Waals surface area contributed by atoms with Crippen LogP contribution in [0.3, 0.4) is 0 Å². The number of halogens is 1. The number of carbonyl (C=O) groups excluding carboxylic acids is 7. The molecule has 2 aromatic heterocycles. The minimum Gasteiger partial charge on any atom is -0.508 e. The molecule has 3 saturated heterocycles. The summed E-state index contributed by atoms with van der Waals surface area (Å²) in [6.45, 7) is 13.8. The first kappa shape index (κ1) is 65.9. The Morgan fingerprint density at radius 2 is 1.21 bits per heavy atom. The van der Waals surface area contributed by atoms with E-state index >= 15 is 0 Å². The van der Waals surface area contributed by atoms with Gasteiger partial charge in [0, 0.05) is 61.2 Å². The molecule has 5 aliphatic rings. The van der Waals surface area contributed by atoms with E-state index in [1.807, 2.05) is 99.4 Å². The number of esters is 2. The zero-order valence-corrected chi connectivity index (χ0v) is 53.6. The van der Waals surface area contributed by atoms with Gasteiger partial charge in [0.05, 0.1) is 49.3 Å². The average molecular weight is 1280 g/mol. The van der Waals surface area contributed by atoms with Crippen LogP contribution >= 0.6 is 11.6 Å². The number of carbonyl (C=O) groups is 7. The summed E-state index contributed by atoms with van der Waals surface area (Å²) in [4.78, 5) is 96.4. The molecule has 23 nitrogen and oxygen atoms in total. The fraction of sp³-hybridized carbons (Fsp3) is 0.456. The molecule has 11 rings (SSSR count). The number of terminal acetylenes is 2. The number of fused-ring (bicyclic) bond motifs is 12. The van der Waals surface area contributed by atoms with Gasteiger partial charge in [-0.1, -0.05) is 65.8 Å². The molecule has 4 aromatic carbocycles. The Morgan fingerprint density at radius 3 is 1.67 bits per heavy atom. The van der Waals surface area contributed by atoms with E-state index in [4.69, 9.17) is 44.8 Å². The summed E-state index contributed by atoms with van der Waals surface area (Å²) in [5, 5.41) is 38.1. The van der Waals surface area contributed by atoms with Crippen LogP contribution in [0, 0.1) is 47.4 Å². The van der Waals surface area contributed by atoms with Gasteiger partial charge in [-0.3, -0.25) is 52.9 Å². The third kappa shape index (κ3) is 14.5. The quantitative estimate of drug-likeness (QED) is 0.0726. The van der Waals surface area contributed by atoms with E-state index < -0.39 is 70.7 Å². The number of hydrogen-bond acceptors (Lipinski definition) is 16. The highest BCUT2D eigenvalue weighted by molar-refractivity contribution is 6.27. The molecule has 7 heterocycles. The molecule has 92 heavy (non-hydrogen) atoms. The number of nitrogens with two attached hydrogens (primary N) is 1. The normalized spacial score (nSPS) is 21.5. The molecule has 484 valence electrons. The number of phenolic OH excluding ortho intramolecular Hbond substituents is 2. The number of rotatable bonds is 6. The minimum atomic E-state index is -1.16. The van der Waals surface area contributed by atoms with Gasteiger partial charge in [-0.2, -0.15) is 10.2 Å². The Balaban J connectivity index is 0.000000217. The van der Waals surface area contributed by atoms with E-state index in [0.717, 1.165) is 44.1 Å². The van der Waals surface area contributed by atoms with E-state index in [1.165, 1.54) is 19.8 Å². The van der Waals surface area contributed by atoms with Crippen LogP contribution in [0.1, 0.15) is 89.7 Å². The lowest BCUT2D eigenvalue weighted by Gasteiger charge is -2.42. The van der Waals surface area contributed by atoms with E-state index in [1.54, 1.807) is 31.3 Å². The van der Waals surface area contributed by atoms with Gasteiger partial charge >= 0.3 is 11.9 Å². The van der Waals surface area contributed by atoms with Crippen LogP contribution in [0.5, 0.6) is 11.5 Å². The van der Waals surface area contributed by atoms with Crippen molar-refractivity contribution in [2.24, 2.45) is 28.4 Å². The van der Waals surface area contributed by atoms with Gasteiger partial charge in [0.25, 0.3) is 11.8 Å². The highest BCUT2D eigenvalue weighted by atomic mass is 35.5. The van der Waals surface area contributed by atoms with Crippen LogP contribution < -0.4 is 21.9 Å². The van der Waals surface area contributed by atoms with Crippen molar-refractivity contribution in [1.29, 1.82) is 0 Å². The average Bonchev–Trinajstić information content (AvgIpc) is 1.59. The Morgan fingerprint density at radius 1 is 0.728 bits per heavy atom. The van der Waals surface area contributed by atoms with Gasteiger partial charge in [0.2, 0.25) is 17.7 Å². The Labute approximate surface area is 539 Å². The number of alkyl halides is 1. The molecule has 0 spiro atoms. The molecule has 0 aliphatic carbocycles. The van der Waals surface area contributed by atoms with E-state index in [9.17, 15) is 43.8 Å². The maximum absolute atomic E-state index is 14.4. The smallest absolute Gasteiger partial charge is 0.324 e. The molecule has 12 bridgehead atoms. The second-order valence-electron chi connectivity index (χ2n) is 26.6. The number of aromatic hydroxyl groups is 2. The van der Waals surface area contributed by atoms with Crippen molar-refractivity contribution in [3.63, 3.8) is 0 Å². The van der Waals surface area contributed by atoms with E-state index in [2.05, 4.69) is 33.1 Å². The fourth-order valence-corrected chi connectivity index (χ4v) is 12.8. The summed E-state index contributed by atoms with van der Waals surface area (Å²) in [5.74, 6) is 1.55. The summed E-state index contributed by atoms with van der Waals surface area (Å²) >= 11 is 5.68. The number of hydrogen-bond donors (Lipinski definition) is 6. The van der Waals surface area contributed by atoms with Gasteiger partial charge in [-0.15, -0.1) is 24.4 Å². The fourth-order valence-electron chi connectivity index (χ4n) is 12.6. The highest BCUT2D eigenvalue weighted by Crippen LogP contribution is 2.35. The van der Waals surface area contributed by atoms with Gasteiger partial charge in [-0.05, 0) is 132 Å². The number of benzene rings is 4. The molecule has 5 aliphatic heterocycles. The SMILES string of the molecule is C#Cc1nn2c3cc(ccc13)-c1cc(O)cc(c1)C[C@H](N)C(=O)N1CCC[C@H](N1)C(=O)OCC(C)(C)C2.C#Cc1nn2c3cc(ccc13)-c1cc(O)cc(c1)C[C@H](NC(=O)[C@H](C(C)C)N(C)C(=O)C1CN(C(=O)CCl)C1)C(=O)N1CCC[C@H](N1)C(=O)OCC(C)(C)C2. The van der Waals surface area contributed by atoms with Crippen molar-refractivity contribution >= 4 is 74.9 Å². The van der Waals surface area contributed by atoms with Gasteiger partial charge in [0.15, 0.2) is 0 Å². The molecule has 6 aromatic rings.